The van der Waals surface area contributed by atoms with Crippen molar-refractivity contribution in [2.45, 2.75) is 36.6 Å². The van der Waals surface area contributed by atoms with E-state index >= 15 is 0 Å². The van der Waals surface area contributed by atoms with E-state index in [9.17, 15) is 8.42 Å². The summed E-state index contributed by atoms with van der Waals surface area (Å²) in [6.45, 7) is 0.333. The maximum absolute atomic E-state index is 12.7. The van der Waals surface area contributed by atoms with E-state index in [0.717, 1.165) is 25.7 Å². The zero-order valence-corrected chi connectivity index (χ0v) is 12.9. The minimum Gasteiger partial charge on any atom is -0.207 e. The number of hydrogen-bond donors (Lipinski definition) is 0. The molecule has 0 aromatic heterocycles. The first-order valence-electron chi connectivity index (χ1n) is 6.39. The van der Waals surface area contributed by atoms with Crippen LogP contribution in [-0.2, 0) is 10.0 Å². The van der Waals surface area contributed by atoms with Gasteiger partial charge >= 0.3 is 0 Å². The lowest BCUT2D eigenvalue weighted by molar-refractivity contribution is 0.337. The van der Waals surface area contributed by atoms with Crippen LogP contribution < -0.4 is 0 Å². The van der Waals surface area contributed by atoms with Gasteiger partial charge in [0.25, 0.3) is 0 Å². The first-order chi connectivity index (χ1) is 9.07. The number of halogens is 2. The van der Waals surface area contributed by atoms with Crippen molar-refractivity contribution in [3.63, 3.8) is 0 Å². The van der Waals surface area contributed by atoms with Gasteiger partial charge in [0.1, 0.15) is 4.90 Å². The van der Waals surface area contributed by atoms with Gasteiger partial charge in [-0.2, -0.15) is 4.31 Å². The molecule has 1 saturated carbocycles. The van der Waals surface area contributed by atoms with Crippen molar-refractivity contribution >= 4 is 33.2 Å². The average molecular weight is 322 g/mol. The van der Waals surface area contributed by atoms with E-state index in [0.29, 0.717) is 12.4 Å². The van der Waals surface area contributed by atoms with Gasteiger partial charge in [0.2, 0.25) is 10.0 Å². The molecular weight excluding hydrogens is 305 g/mol. The summed E-state index contributed by atoms with van der Waals surface area (Å²) in [5.41, 5.74) is 0. The van der Waals surface area contributed by atoms with Crippen LogP contribution in [0.25, 0.3) is 0 Å². The lowest BCUT2D eigenvalue weighted by atomic mass is 10.2. The zero-order valence-electron chi connectivity index (χ0n) is 10.6. The number of alkyl halides is 1. The largest absolute Gasteiger partial charge is 0.244 e. The van der Waals surface area contributed by atoms with Crippen LogP contribution in [0.3, 0.4) is 0 Å². The van der Waals surface area contributed by atoms with Crippen LogP contribution in [-0.4, -0.2) is 31.2 Å². The Morgan fingerprint density at radius 1 is 1.21 bits per heavy atom. The summed E-state index contributed by atoms with van der Waals surface area (Å²) in [4.78, 5) is 0.175. The fraction of sp³-hybridized carbons (Fsp3) is 0.538. The molecule has 19 heavy (non-hydrogen) atoms. The fourth-order valence-electron chi connectivity index (χ4n) is 2.55. The molecule has 1 aromatic carbocycles. The van der Waals surface area contributed by atoms with Gasteiger partial charge in [-0.1, -0.05) is 36.6 Å². The highest BCUT2D eigenvalue weighted by Crippen LogP contribution is 2.31. The van der Waals surface area contributed by atoms with E-state index in [1.165, 1.54) is 4.31 Å². The quantitative estimate of drug-likeness (QED) is 0.778. The average Bonchev–Trinajstić information content (AvgIpc) is 2.89. The van der Waals surface area contributed by atoms with Crippen molar-refractivity contribution in [2.24, 2.45) is 0 Å². The third kappa shape index (κ3) is 3.24. The molecule has 106 valence electrons. The second-order valence-corrected chi connectivity index (χ2v) is 7.32. The van der Waals surface area contributed by atoms with Crippen LogP contribution in [0.5, 0.6) is 0 Å². The van der Waals surface area contributed by atoms with Crippen LogP contribution >= 0.6 is 23.2 Å². The Balaban J connectivity index is 2.36. The van der Waals surface area contributed by atoms with Crippen molar-refractivity contribution in [1.29, 1.82) is 0 Å². The molecule has 0 bridgehead atoms. The Kier molecular flexibility index (Phi) is 5.12. The van der Waals surface area contributed by atoms with E-state index in [4.69, 9.17) is 23.2 Å². The summed E-state index contributed by atoms with van der Waals surface area (Å²) >= 11 is 11.8. The van der Waals surface area contributed by atoms with E-state index in [-0.39, 0.29) is 16.0 Å². The Morgan fingerprint density at radius 2 is 1.84 bits per heavy atom. The monoisotopic (exact) mass is 321 g/mol. The summed E-state index contributed by atoms with van der Waals surface area (Å²) in [5.74, 6) is 0.292. The van der Waals surface area contributed by atoms with E-state index in [2.05, 4.69) is 0 Å². The molecule has 0 aliphatic heterocycles. The van der Waals surface area contributed by atoms with E-state index in [1.807, 2.05) is 0 Å². The second-order valence-electron chi connectivity index (χ2n) is 4.67. The maximum atomic E-state index is 12.7. The van der Waals surface area contributed by atoms with Gasteiger partial charge in [-0.25, -0.2) is 8.42 Å². The lowest BCUT2D eigenvalue weighted by Crippen LogP contribution is -2.40. The van der Waals surface area contributed by atoms with Gasteiger partial charge in [0.15, 0.2) is 0 Å². The smallest absolute Gasteiger partial charge is 0.207 e. The number of hydrogen-bond acceptors (Lipinski definition) is 2. The molecule has 0 unspecified atom stereocenters. The van der Waals surface area contributed by atoms with Crippen LogP contribution in [0.4, 0.5) is 0 Å². The van der Waals surface area contributed by atoms with Gasteiger partial charge in [0, 0.05) is 18.5 Å². The molecule has 0 spiro atoms. The molecule has 1 fully saturated rings. The van der Waals surface area contributed by atoms with Crippen molar-refractivity contribution in [1.82, 2.24) is 4.31 Å². The highest BCUT2D eigenvalue weighted by molar-refractivity contribution is 7.89. The summed E-state index contributed by atoms with van der Waals surface area (Å²) in [7, 11) is -3.56. The van der Waals surface area contributed by atoms with Crippen LogP contribution in [0.1, 0.15) is 25.7 Å². The van der Waals surface area contributed by atoms with Crippen molar-refractivity contribution < 1.29 is 8.42 Å². The van der Waals surface area contributed by atoms with Gasteiger partial charge in [0.05, 0.1) is 5.02 Å². The molecule has 1 aromatic rings. The molecule has 3 nitrogen and oxygen atoms in total. The Hall–Kier alpha value is -0.290. The molecule has 0 atom stereocenters. The first kappa shape index (κ1) is 15.1. The first-order valence-corrected chi connectivity index (χ1v) is 8.75. The number of rotatable bonds is 5. The summed E-state index contributed by atoms with van der Waals surface area (Å²) in [6.07, 6.45) is 3.95. The second kappa shape index (κ2) is 6.44. The number of benzene rings is 1. The minimum absolute atomic E-state index is 0.0556. The zero-order chi connectivity index (χ0) is 13.9. The van der Waals surface area contributed by atoms with Gasteiger partial charge in [-0.05, 0) is 25.0 Å². The van der Waals surface area contributed by atoms with Crippen molar-refractivity contribution in [2.75, 3.05) is 12.4 Å². The summed E-state index contributed by atoms with van der Waals surface area (Å²) < 4.78 is 26.9. The highest BCUT2D eigenvalue weighted by atomic mass is 35.5. The Labute approximate surface area is 124 Å². The van der Waals surface area contributed by atoms with Crippen molar-refractivity contribution in [3.05, 3.63) is 29.3 Å². The SMILES string of the molecule is O=S(=O)(c1ccccc1Cl)N(CCCl)C1CCCC1. The highest BCUT2D eigenvalue weighted by Gasteiger charge is 2.33. The van der Waals surface area contributed by atoms with Gasteiger partial charge in [-0.3, -0.25) is 0 Å². The molecule has 1 aliphatic carbocycles. The Morgan fingerprint density at radius 3 is 2.42 bits per heavy atom. The van der Waals surface area contributed by atoms with E-state index < -0.39 is 10.0 Å². The third-order valence-electron chi connectivity index (χ3n) is 3.46. The van der Waals surface area contributed by atoms with Gasteiger partial charge in [-0.15, -0.1) is 11.6 Å². The predicted octanol–water partition coefficient (Wildman–Crippen LogP) is 3.51. The molecular formula is C13H17Cl2NO2S. The summed E-state index contributed by atoms with van der Waals surface area (Å²) in [6, 6.07) is 6.62. The van der Waals surface area contributed by atoms with Crippen LogP contribution in [0.2, 0.25) is 5.02 Å². The standard InChI is InChI=1S/C13H17Cl2NO2S/c14-9-10-16(11-5-1-2-6-11)19(17,18)13-8-4-3-7-12(13)15/h3-4,7-8,11H,1-2,5-6,9-10H2. The normalized spacial score (nSPS) is 17.2. The molecule has 0 radical (unpaired) electrons. The van der Waals surface area contributed by atoms with Gasteiger partial charge < -0.3 is 0 Å². The molecule has 0 N–H and O–H groups in total. The summed E-state index contributed by atoms with van der Waals surface area (Å²) in [5, 5.41) is 0.264. The molecule has 0 amide bonds. The number of nitrogens with zero attached hydrogens (tertiary/aromatic N) is 1. The lowest BCUT2D eigenvalue weighted by Gasteiger charge is -2.27. The molecule has 0 heterocycles. The molecule has 1 aliphatic rings. The number of sulfonamides is 1. The van der Waals surface area contributed by atoms with E-state index in [1.54, 1.807) is 24.3 Å². The molecule has 6 heteroatoms. The molecule has 2 rings (SSSR count). The maximum Gasteiger partial charge on any atom is 0.244 e. The fourth-order valence-corrected chi connectivity index (χ4v) is 5.02. The Bertz CT molecular complexity index is 527. The third-order valence-corrected chi connectivity index (χ3v) is 6.08. The molecule has 0 saturated heterocycles. The van der Waals surface area contributed by atoms with Crippen molar-refractivity contribution in [3.8, 4) is 0 Å². The van der Waals surface area contributed by atoms with Crippen LogP contribution in [0, 0.1) is 0 Å². The predicted molar refractivity (Wildman–Crippen MR) is 78.3 cm³/mol. The topological polar surface area (TPSA) is 37.4 Å². The minimum atomic E-state index is -3.56. The van der Waals surface area contributed by atoms with Crippen LogP contribution in [0.15, 0.2) is 29.2 Å².